The highest BCUT2D eigenvalue weighted by atomic mass is 32.2. The molecule has 0 unspecified atom stereocenters. The van der Waals surface area contributed by atoms with Crippen molar-refractivity contribution in [1.82, 2.24) is 5.32 Å². The fourth-order valence-corrected chi connectivity index (χ4v) is 3.45. The molecule has 112 valence electrons. The molecule has 4 nitrogen and oxygen atoms in total. The van der Waals surface area contributed by atoms with Crippen LogP contribution in [0.5, 0.6) is 0 Å². The first kappa shape index (κ1) is 15.7. The van der Waals surface area contributed by atoms with Crippen LogP contribution in [0.15, 0.2) is 18.2 Å². The summed E-state index contributed by atoms with van der Waals surface area (Å²) in [7, 11) is -0.783. The summed E-state index contributed by atoms with van der Waals surface area (Å²) in [5, 5.41) is 11.6. The Balaban J connectivity index is 2.13. The lowest BCUT2D eigenvalue weighted by molar-refractivity contribution is 0.0934. The van der Waals surface area contributed by atoms with Crippen LogP contribution in [0.25, 0.3) is 0 Å². The number of aliphatic hydroxyl groups excluding tert-OH is 1. The van der Waals surface area contributed by atoms with Crippen LogP contribution in [0.4, 0.5) is 4.39 Å². The lowest BCUT2D eigenvalue weighted by Gasteiger charge is -2.22. The molecule has 0 aliphatic carbocycles. The summed E-state index contributed by atoms with van der Waals surface area (Å²) in [5.74, 6) is 5.36. The first-order chi connectivity index (χ1) is 10.1. The van der Waals surface area contributed by atoms with E-state index in [1.807, 2.05) is 0 Å². The quantitative estimate of drug-likeness (QED) is 0.795. The molecule has 0 aromatic heterocycles. The van der Waals surface area contributed by atoms with E-state index in [4.69, 9.17) is 5.11 Å². The number of rotatable bonds is 2. The number of halogens is 1. The maximum Gasteiger partial charge on any atom is 0.252 e. The van der Waals surface area contributed by atoms with Crippen molar-refractivity contribution >= 4 is 16.7 Å². The summed E-state index contributed by atoms with van der Waals surface area (Å²) in [4.78, 5) is 12.3. The van der Waals surface area contributed by atoms with Gasteiger partial charge >= 0.3 is 0 Å². The molecule has 0 saturated carbocycles. The highest BCUT2D eigenvalue weighted by Crippen LogP contribution is 2.13. The second-order valence-corrected chi connectivity index (χ2v) is 6.44. The summed E-state index contributed by atoms with van der Waals surface area (Å²) >= 11 is 0. The van der Waals surface area contributed by atoms with Crippen LogP contribution in [0.3, 0.4) is 0 Å². The molecule has 6 heteroatoms. The van der Waals surface area contributed by atoms with Crippen LogP contribution in [0, 0.1) is 17.7 Å². The Labute approximate surface area is 125 Å². The minimum absolute atomic E-state index is 0.0149. The van der Waals surface area contributed by atoms with E-state index >= 15 is 0 Å². The average molecular weight is 309 g/mol. The number of hydrogen-bond donors (Lipinski definition) is 2. The van der Waals surface area contributed by atoms with E-state index in [9.17, 15) is 13.4 Å². The lowest BCUT2D eigenvalue weighted by Crippen LogP contribution is -2.39. The van der Waals surface area contributed by atoms with Crippen LogP contribution in [-0.2, 0) is 10.8 Å². The third-order valence-electron chi connectivity index (χ3n) is 3.25. The van der Waals surface area contributed by atoms with Crippen molar-refractivity contribution in [2.24, 2.45) is 0 Å². The molecular weight excluding hydrogens is 293 g/mol. The Kier molecular flexibility index (Phi) is 5.48. The Hall–Kier alpha value is -1.71. The molecule has 2 N–H and O–H groups in total. The molecule has 1 fully saturated rings. The highest BCUT2D eigenvalue weighted by Gasteiger charge is 2.21. The standard InChI is InChI=1S/C15H16FNO3S/c16-12-3-4-14(11(10-12)2-1-7-18)15(19)17-13-5-8-21(20)9-6-13/h3-4,10,13,18H,5-9H2,(H,17,19). The van der Waals surface area contributed by atoms with E-state index in [0.29, 0.717) is 24.3 Å². The zero-order valence-electron chi connectivity index (χ0n) is 11.4. The molecule has 1 heterocycles. The monoisotopic (exact) mass is 309 g/mol. The lowest BCUT2D eigenvalue weighted by atomic mass is 10.1. The van der Waals surface area contributed by atoms with Crippen molar-refractivity contribution in [3.05, 3.63) is 35.1 Å². The zero-order chi connectivity index (χ0) is 15.2. The number of aliphatic hydroxyl groups is 1. The molecule has 0 radical (unpaired) electrons. The van der Waals surface area contributed by atoms with Crippen LogP contribution in [0.1, 0.15) is 28.8 Å². The summed E-state index contributed by atoms with van der Waals surface area (Å²) < 4.78 is 24.5. The van der Waals surface area contributed by atoms with Crippen molar-refractivity contribution < 1.29 is 18.5 Å². The average Bonchev–Trinajstić information content (AvgIpc) is 2.47. The van der Waals surface area contributed by atoms with Gasteiger partial charge in [0.1, 0.15) is 12.4 Å². The zero-order valence-corrected chi connectivity index (χ0v) is 12.2. The van der Waals surface area contributed by atoms with Crippen molar-refractivity contribution in [3.8, 4) is 11.8 Å². The maximum absolute atomic E-state index is 13.2. The van der Waals surface area contributed by atoms with Crippen LogP contribution in [0.2, 0.25) is 0 Å². The summed E-state index contributed by atoms with van der Waals surface area (Å²) in [5.41, 5.74) is 0.532. The molecule has 1 amide bonds. The number of benzene rings is 1. The third-order valence-corrected chi connectivity index (χ3v) is 4.63. The van der Waals surface area contributed by atoms with Gasteiger partial charge in [-0.3, -0.25) is 9.00 Å². The second-order valence-electron chi connectivity index (χ2n) is 4.75. The van der Waals surface area contributed by atoms with Gasteiger partial charge in [0.25, 0.3) is 5.91 Å². The number of hydrogen-bond acceptors (Lipinski definition) is 3. The van der Waals surface area contributed by atoms with Gasteiger partial charge in [0.2, 0.25) is 0 Å². The van der Waals surface area contributed by atoms with E-state index in [0.717, 1.165) is 0 Å². The van der Waals surface area contributed by atoms with Crippen molar-refractivity contribution in [2.45, 2.75) is 18.9 Å². The summed E-state index contributed by atoms with van der Waals surface area (Å²) in [6, 6.07) is 3.74. The minimum atomic E-state index is -0.783. The van der Waals surface area contributed by atoms with E-state index in [1.54, 1.807) is 0 Å². The molecule has 2 rings (SSSR count). The number of carbonyl (C=O) groups excluding carboxylic acids is 1. The number of amides is 1. The van der Waals surface area contributed by atoms with Crippen LogP contribution in [-0.4, -0.2) is 39.4 Å². The predicted molar refractivity (Wildman–Crippen MR) is 78.7 cm³/mol. The van der Waals surface area contributed by atoms with Gasteiger partial charge in [0, 0.05) is 33.9 Å². The molecule has 1 aromatic carbocycles. The molecule has 1 aliphatic rings. The molecular formula is C15H16FNO3S. The maximum atomic E-state index is 13.2. The molecule has 0 atom stereocenters. The third kappa shape index (κ3) is 4.38. The van der Waals surface area contributed by atoms with Gasteiger partial charge in [-0.25, -0.2) is 4.39 Å². The highest BCUT2D eigenvalue weighted by molar-refractivity contribution is 7.85. The van der Waals surface area contributed by atoms with Crippen molar-refractivity contribution in [1.29, 1.82) is 0 Å². The Morgan fingerprint density at radius 1 is 1.43 bits per heavy atom. The number of nitrogens with one attached hydrogen (secondary N) is 1. The van der Waals surface area contributed by atoms with Crippen molar-refractivity contribution in [2.75, 3.05) is 18.1 Å². The van der Waals surface area contributed by atoms with Crippen LogP contribution >= 0.6 is 0 Å². The number of carbonyl (C=O) groups is 1. The summed E-state index contributed by atoms with van der Waals surface area (Å²) in [6.07, 6.45) is 1.36. The normalized spacial score (nSPS) is 21.2. The van der Waals surface area contributed by atoms with Crippen molar-refractivity contribution in [3.63, 3.8) is 0 Å². The molecule has 1 saturated heterocycles. The second kappa shape index (κ2) is 7.34. The topological polar surface area (TPSA) is 66.4 Å². The van der Waals surface area contributed by atoms with Gasteiger partial charge in [0.05, 0.1) is 5.56 Å². The van der Waals surface area contributed by atoms with E-state index in [2.05, 4.69) is 17.2 Å². The molecule has 21 heavy (non-hydrogen) atoms. The Bertz CT molecular complexity index is 611. The van der Waals surface area contributed by atoms with Gasteiger partial charge in [-0.1, -0.05) is 11.8 Å². The van der Waals surface area contributed by atoms with Gasteiger partial charge in [0.15, 0.2) is 0 Å². The first-order valence-corrected chi connectivity index (χ1v) is 8.14. The Morgan fingerprint density at radius 2 is 2.14 bits per heavy atom. The minimum Gasteiger partial charge on any atom is -0.384 e. The molecule has 1 aromatic rings. The fourth-order valence-electron chi connectivity index (χ4n) is 2.15. The fraction of sp³-hybridized carbons (Fsp3) is 0.400. The van der Waals surface area contributed by atoms with Gasteiger partial charge in [-0.2, -0.15) is 0 Å². The molecule has 0 spiro atoms. The van der Waals surface area contributed by atoms with Gasteiger partial charge in [-0.15, -0.1) is 0 Å². The Morgan fingerprint density at radius 3 is 2.81 bits per heavy atom. The SMILES string of the molecule is O=C(NC1CCS(=O)CC1)c1ccc(F)cc1C#CCO. The van der Waals surface area contributed by atoms with E-state index in [-0.39, 0.29) is 29.7 Å². The van der Waals surface area contributed by atoms with E-state index < -0.39 is 16.6 Å². The smallest absolute Gasteiger partial charge is 0.252 e. The largest absolute Gasteiger partial charge is 0.384 e. The van der Waals surface area contributed by atoms with Gasteiger partial charge in [-0.05, 0) is 31.0 Å². The molecule has 1 aliphatic heterocycles. The van der Waals surface area contributed by atoms with Gasteiger partial charge < -0.3 is 10.4 Å². The first-order valence-electron chi connectivity index (χ1n) is 6.65. The molecule has 0 bridgehead atoms. The predicted octanol–water partition coefficient (Wildman–Crippen LogP) is 0.810. The summed E-state index contributed by atoms with van der Waals surface area (Å²) in [6.45, 7) is -0.355. The van der Waals surface area contributed by atoms with E-state index in [1.165, 1.54) is 18.2 Å². The van der Waals surface area contributed by atoms with Crippen LogP contribution < -0.4 is 5.32 Å².